The highest BCUT2D eigenvalue weighted by Gasteiger charge is 2.16. The quantitative estimate of drug-likeness (QED) is 0.290. The fourth-order valence-corrected chi connectivity index (χ4v) is 4.83. The Labute approximate surface area is 211 Å². The zero-order valence-electron chi connectivity index (χ0n) is 19.7. The van der Waals surface area contributed by atoms with Gasteiger partial charge in [-0.15, -0.1) is 0 Å². The Hall–Kier alpha value is -4.41. The summed E-state index contributed by atoms with van der Waals surface area (Å²) in [6.45, 7) is 0.00148. The highest BCUT2D eigenvalue weighted by Crippen LogP contribution is 2.34. The number of rotatable bonds is 6. The fraction of sp³-hybridized carbons (Fsp3) is 0.0741. The van der Waals surface area contributed by atoms with Crippen molar-refractivity contribution in [3.63, 3.8) is 0 Å². The summed E-state index contributed by atoms with van der Waals surface area (Å²) in [6, 6.07) is 21.8. The molecule has 0 aliphatic rings. The number of aromatic nitrogens is 5. The van der Waals surface area contributed by atoms with Crippen LogP contribution in [0, 0.1) is 5.82 Å². The molecule has 4 heterocycles. The van der Waals surface area contributed by atoms with E-state index >= 15 is 0 Å². The van der Waals surface area contributed by atoms with E-state index in [2.05, 4.69) is 24.9 Å². The summed E-state index contributed by atoms with van der Waals surface area (Å²) in [7, 11) is -3.41. The van der Waals surface area contributed by atoms with Crippen molar-refractivity contribution in [2.75, 3.05) is 6.26 Å². The molecule has 0 aliphatic carbocycles. The molecule has 0 spiro atoms. The molecule has 3 N–H and O–H groups in total. The fourth-order valence-electron chi connectivity index (χ4n) is 4.40. The maximum absolute atomic E-state index is 14.5. The van der Waals surface area contributed by atoms with Crippen LogP contribution in [0.3, 0.4) is 0 Å². The minimum atomic E-state index is -3.41. The summed E-state index contributed by atoms with van der Waals surface area (Å²) in [5.41, 5.74) is 7.25. The third-order valence-corrected chi connectivity index (χ3v) is 6.73. The van der Waals surface area contributed by atoms with Gasteiger partial charge in [0.25, 0.3) is 0 Å². The average molecular weight is 513 g/mol. The van der Waals surface area contributed by atoms with Gasteiger partial charge in [-0.3, -0.25) is 10.1 Å². The van der Waals surface area contributed by atoms with Crippen LogP contribution in [0.4, 0.5) is 4.39 Å². The average Bonchev–Trinajstić information content (AvgIpc) is 3.51. The zero-order chi connectivity index (χ0) is 25.6. The Kier molecular flexibility index (Phi) is 5.54. The second-order valence-electron chi connectivity index (χ2n) is 8.77. The van der Waals surface area contributed by atoms with E-state index in [9.17, 15) is 12.8 Å². The summed E-state index contributed by atoms with van der Waals surface area (Å²) >= 11 is 0. The molecule has 0 bridgehead atoms. The number of benzene rings is 2. The van der Waals surface area contributed by atoms with E-state index in [4.69, 9.17) is 4.98 Å². The van der Waals surface area contributed by atoms with Gasteiger partial charge in [-0.05, 0) is 71.3 Å². The van der Waals surface area contributed by atoms with E-state index < -0.39 is 15.8 Å². The van der Waals surface area contributed by atoms with Crippen molar-refractivity contribution >= 4 is 32.0 Å². The summed E-state index contributed by atoms with van der Waals surface area (Å²) < 4.78 is 39.9. The summed E-state index contributed by atoms with van der Waals surface area (Å²) in [4.78, 5) is 12.6. The molecule has 0 saturated carbocycles. The minimum absolute atomic E-state index is 0.00148. The Morgan fingerprint density at radius 2 is 1.84 bits per heavy atom. The van der Waals surface area contributed by atoms with E-state index in [1.807, 2.05) is 54.6 Å². The van der Waals surface area contributed by atoms with E-state index in [0.29, 0.717) is 22.3 Å². The molecule has 8 nitrogen and oxygen atoms in total. The number of H-pyrrole nitrogens is 2. The zero-order valence-corrected chi connectivity index (χ0v) is 20.5. The van der Waals surface area contributed by atoms with Crippen molar-refractivity contribution in [2.24, 2.45) is 0 Å². The smallest absolute Gasteiger partial charge is 0.209 e. The van der Waals surface area contributed by atoms with E-state index in [0.717, 1.165) is 45.3 Å². The number of hydrogen-bond acceptors (Lipinski definition) is 5. The Balaban J connectivity index is 1.44. The lowest BCUT2D eigenvalue weighted by Gasteiger charge is -2.08. The molecule has 4 aromatic heterocycles. The molecule has 0 radical (unpaired) electrons. The van der Waals surface area contributed by atoms with Gasteiger partial charge >= 0.3 is 0 Å². The summed E-state index contributed by atoms with van der Waals surface area (Å²) in [5.74, 6) is -0.444. The van der Waals surface area contributed by atoms with Crippen molar-refractivity contribution in [3.05, 3.63) is 90.4 Å². The third-order valence-electron chi connectivity index (χ3n) is 6.06. The lowest BCUT2D eigenvalue weighted by Crippen LogP contribution is -2.21. The van der Waals surface area contributed by atoms with Crippen molar-refractivity contribution in [2.45, 2.75) is 6.54 Å². The number of nitrogens with zero attached hydrogens (tertiary/aromatic N) is 3. The molecule has 6 aromatic rings. The van der Waals surface area contributed by atoms with Crippen LogP contribution in [0.1, 0.15) is 5.56 Å². The first-order chi connectivity index (χ1) is 17.8. The molecule has 0 fully saturated rings. The Bertz CT molecular complexity index is 1880. The molecule has 0 aliphatic heterocycles. The predicted octanol–water partition coefficient (Wildman–Crippen LogP) is 5.02. The number of nitrogens with one attached hydrogen (secondary N) is 3. The van der Waals surface area contributed by atoms with Gasteiger partial charge in [-0.25, -0.2) is 22.5 Å². The Morgan fingerprint density at radius 3 is 2.65 bits per heavy atom. The maximum Gasteiger partial charge on any atom is 0.209 e. The molecule has 0 atom stereocenters. The van der Waals surface area contributed by atoms with Crippen molar-refractivity contribution in [1.82, 2.24) is 29.9 Å². The van der Waals surface area contributed by atoms with Crippen LogP contribution < -0.4 is 4.72 Å². The molecule has 0 saturated heterocycles. The molecule has 0 amide bonds. The highest BCUT2D eigenvalue weighted by molar-refractivity contribution is 7.88. The minimum Gasteiger partial charge on any atom is -0.353 e. The highest BCUT2D eigenvalue weighted by atomic mass is 32.2. The topological polar surface area (TPSA) is 116 Å². The van der Waals surface area contributed by atoms with Crippen LogP contribution in [-0.2, 0) is 16.6 Å². The second kappa shape index (κ2) is 8.91. The van der Waals surface area contributed by atoms with Crippen LogP contribution in [0.25, 0.3) is 55.8 Å². The SMILES string of the molecule is CS(=O)(=O)NCc1cc(F)cc(-c2cccc3[nH]c(-c4n[nH]c5ccc(-c6ccccn6)nc45)cc23)c1. The molecule has 2 aromatic carbocycles. The number of sulfonamides is 1. The first kappa shape index (κ1) is 23.0. The predicted molar refractivity (Wildman–Crippen MR) is 141 cm³/mol. The van der Waals surface area contributed by atoms with Gasteiger partial charge in [0.05, 0.1) is 28.9 Å². The molecular weight excluding hydrogens is 491 g/mol. The van der Waals surface area contributed by atoms with Gasteiger partial charge in [0.15, 0.2) is 0 Å². The van der Waals surface area contributed by atoms with Gasteiger partial charge in [0.1, 0.15) is 17.0 Å². The largest absolute Gasteiger partial charge is 0.353 e. The van der Waals surface area contributed by atoms with Gasteiger partial charge in [0, 0.05) is 23.6 Å². The van der Waals surface area contributed by atoms with Gasteiger partial charge in [0.2, 0.25) is 10.0 Å². The number of halogens is 1. The van der Waals surface area contributed by atoms with E-state index in [-0.39, 0.29) is 6.54 Å². The van der Waals surface area contributed by atoms with Crippen LogP contribution in [0.5, 0.6) is 0 Å². The van der Waals surface area contributed by atoms with Crippen molar-refractivity contribution < 1.29 is 12.8 Å². The Morgan fingerprint density at radius 1 is 0.946 bits per heavy atom. The number of pyridine rings is 2. The van der Waals surface area contributed by atoms with Gasteiger partial charge < -0.3 is 4.98 Å². The van der Waals surface area contributed by atoms with Gasteiger partial charge in [-0.1, -0.05) is 18.2 Å². The van der Waals surface area contributed by atoms with E-state index in [1.54, 1.807) is 12.3 Å². The first-order valence-corrected chi connectivity index (χ1v) is 13.4. The maximum atomic E-state index is 14.5. The first-order valence-electron chi connectivity index (χ1n) is 11.5. The number of aromatic amines is 2. The number of hydrogen-bond donors (Lipinski definition) is 3. The van der Waals surface area contributed by atoms with Crippen molar-refractivity contribution in [1.29, 1.82) is 0 Å². The standard InChI is InChI=1S/C27H21FN6O2S/c1-37(35,36)30-15-16-11-17(13-18(28)12-16)19-5-4-7-21-20(19)14-25(31-21)27-26-24(33-34-27)9-8-23(32-26)22-6-2-3-10-29-22/h2-14,30-31H,15H2,1H3,(H,33,34). The number of fused-ring (bicyclic) bond motifs is 2. The van der Waals surface area contributed by atoms with Crippen LogP contribution in [0.15, 0.2) is 79.0 Å². The normalized spacial score (nSPS) is 11.9. The summed E-state index contributed by atoms with van der Waals surface area (Å²) in [5, 5.41) is 8.42. The molecule has 0 unspecified atom stereocenters. The molecule has 37 heavy (non-hydrogen) atoms. The molecule has 6 rings (SSSR count). The van der Waals surface area contributed by atoms with Crippen LogP contribution in [-0.4, -0.2) is 39.8 Å². The second-order valence-corrected chi connectivity index (χ2v) is 10.6. The molecule has 10 heteroatoms. The van der Waals surface area contributed by atoms with Crippen molar-refractivity contribution in [3.8, 4) is 33.9 Å². The van der Waals surface area contributed by atoms with E-state index in [1.165, 1.54) is 12.1 Å². The lowest BCUT2D eigenvalue weighted by molar-refractivity contribution is 0.586. The third kappa shape index (κ3) is 4.59. The van der Waals surface area contributed by atoms with Crippen LogP contribution >= 0.6 is 0 Å². The van der Waals surface area contributed by atoms with Crippen LogP contribution in [0.2, 0.25) is 0 Å². The molecule has 184 valence electrons. The lowest BCUT2D eigenvalue weighted by atomic mass is 9.99. The summed E-state index contributed by atoms with van der Waals surface area (Å²) in [6.07, 6.45) is 2.80. The molecular formula is C27H21FN6O2S. The van der Waals surface area contributed by atoms with Gasteiger partial charge in [-0.2, -0.15) is 5.10 Å². The monoisotopic (exact) mass is 512 g/mol.